The number of nitrogens with one attached hydrogen (secondary N) is 1. The number of carbonyl (C=O) groups excluding carboxylic acids is 1. The molecule has 6 nitrogen and oxygen atoms in total. The summed E-state index contributed by atoms with van der Waals surface area (Å²) in [5.74, 6) is 0.491. The van der Waals surface area contributed by atoms with E-state index in [4.69, 9.17) is 4.74 Å². The Kier molecular flexibility index (Phi) is 6.33. The Balaban J connectivity index is 1.87. The van der Waals surface area contributed by atoms with Crippen LogP contribution >= 0.6 is 0 Å². The molecule has 1 aromatic heterocycles. The molecule has 0 saturated carbocycles. The number of carbonyl (C=O) groups is 1. The number of hydrogen-bond acceptors (Lipinski definition) is 4. The molecule has 1 amide bonds. The maximum Gasteiger partial charge on any atom is 0.260 e. The molecule has 1 N–H and O–H groups in total. The molecule has 134 valence electrons. The lowest BCUT2D eigenvalue weighted by Crippen LogP contribution is -2.39. The van der Waals surface area contributed by atoms with Crippen molar-refractivity contribution in [2.75, 3.05) is 6.54 Å². The first-order valence-corrected chi connectivity index (χ1v) is 8.47. The molecule has 0 saturated heterocycles. The molecular weight excluding hydrogens is 318 g/mol. The van der Waals surface area contributed by atoms with Gasteiger partial charge in [-0.25, -0.2) is 4.98 Å². The van der Waals surface area contributed by atoms with Crippen molar-refractivity contribution in [2.45, 2.75) is 46.8 Å². The normalized spacial score (nSPS) is 11.8. The molecule has 0 fully saturated rings. The number of hydrogen-bond donors (Lipinski definition) is 1. The molecule has 0 aliphatic heterocycles. The summed E-state index contributed by atoms with van der Waals surface area (Å²) < 4.78 is 7.23. The van der Waals surface area contributed by atoms with Gasteiger partial charge in [0.25, 0.3) is 11.5 Å². The summed E-state index contributed by atoms with van der Waals surface area (Å²) in [6.45, 7) is 8.29. The molecule has 6 heteroatoms. The zero-order valence-electron chi connectivity index (χ0n) is 15.2. The van der Waals surface area contributed by atoms with Gasteiger partial charge in [0.2, 0.25) is 0 Å². The molecular formula is C19H25N3O3. The smallest absolute Gasteiger partial charge is 0.260 e. The van der Waals surface area contributed by atoms with E-state index in [9.17, 15) is 9.59 Å². The van der Waals surface area contributed by atoms with E-state index in [0.29, 0.717) is 18.8 Å². The third-order valence-corrected chi connectivity index (χ3v) is 3.97. The lowest BCUT2D eigenvalue weighted by Gasteiger charge is -2.17. The molecule has 1 heterocycles. The quantitative estimate of drug-likeness (QED) is 0.835. The Morgan fingerprint density at radius 2 is 2.08 bits per heavy atom. The van der Waals surface area contributed by atoms with Crippen LogP contribution in [0, 0.1) is 13.8 Å². The number of rotatable bonds is 7. The highest BCUT2D eigenvalue weighted by molar-refractivity contribution is 5.80. The Morgan fingerprint density at radius 3 is 2.76 bits per heavy atom. The molecule has 2 rings (SSSR count). The minimum Gasteiger partial charge on any atom is -0.481 e. The van der Waals surface area contributed by atoms with Gasteiger partial charge in [0, 0.05) is 24.8 Å². The minimum absolute atomic E-state index is 0.110. The van der Waals surface area contributed by atoms with Gasteiger partial charge in [-0.05, 0) is 44.4 Å². The highest BCUT2D eigenvalue weighted by Gasteiger charge is 2.15. The van der Waals surface area contributed by atoms with Gasteiger partial charge in [-0.3, -0.25) is 14.2 Å². The van der Waals surface area contributed by atoms with E-state index in [1.165, 1.54) is 17.0 Å². The SMILES string of the molecule is CCc1cc(=O)n(CCNC(=O)C(C)Oc2cc(C)ccc2C)cn1. The van der Waals surface area contributed by atoms with E-state index in [1.807, 2.05) is 39.0 Å². The lowest BCUT2D eigenvalue weighted by atomic mass is 10.1. The largest absolute Gasteiger partial charge is 0.481 e. The molecule has 0 bridgehead atoms. The van der Waals surface area contributed by atoms with E-state index < -0.39 is 6.10 Å². The predicted octanol–water partition coefficient (Wildman–Crippen LogP) is 2.01. The maximum atomic E-state index is 12.2. The predicted molar refractivity (Wildman–Crippen MR) is 96.9 cm³/mol. The van der Waals surface area contributed by atoms with Gasteiger partial charge in [0.05, 0.1) is 6.33 Å². The summed E-state index contributed by atoms with van der Waals surface area (Å²) in [5.41, 5.74) is 2.72. The van der Waals surface area contributed by atoms with E-state index in [-0.39, 0.29) is 11.5 Å². The van der Waals surface area contributed by atoms with Crippen LogP contribution in [0.1, 0.15) is 30.7 Å². The van der Waals surface area contributed by atoms with E-state index in [1.54, 1.807) is 6.92 Å². The van der Waals surface area contributed by atoms with E-state index in [0.717, 1.165) is 23.2 Å². The summed E-state index contributed by atoms with van der Waals surface area (Å²) in [5, 5.41) is 2.79. The van der Waals surface area contributed by atoms with Crippen molar-refractivity contribution in [1.29, 1.82) is 0 Å². The molecule has 2 aromatic rings. The van der Waals surface area contributed by atoms with Gasteiger partial charge >= 0.3 is 0 Å². The second-order valence-electron chi connectivity index (χ2n) is 6.09. The Morgan fingerprint density at radius 1 is 1.32 bits per heavy atom. The van der Waals surface area contributed by atoms with Crippen molar-refractivity contribution in [3.63, 3.8) is 0 Å². The van der Waals surface area contributed by atoms with Crippen LogP contribution in [0.25, 0.3) is 0 Å². The molecule has 25 heavy (non-hydrogen) atoms. The summed E-state index contributed by atoms with van der Waals surface area (Å²) in [4.78, 5) is 28.3. The fourth-order valence-corrected chi connectivity index (χ4v) is 2.35. The monoisotopic (exact) mass is 343 g/mol. The van der Waals surface area contributed by atoms with Crippen LogP contribution in [0.4, 0.5) is 0 Å². The van der Waals surface area contributed by atoms with Gasteiger partial charge in [-0.15, -0.1) is 0 Å². The van der Waals surface area contributed by atoms with Crippen molar-refractivity contribution < 1.29 is 9.53 Å². The summed E-state index contributed by atoms with van der Waals surface area (Å²) in [6.07, 6.45) is 1.63. The molecule has 0 radical (unpaired) electrons. The second kappa shape index (κ2) is 8.46. The second-order valence-corrected chi connectivity index (χ2v) is 6.09. The van der Waals surface area contributed by atoms with Crippen LogP contribution in [-0.4, -0.2) is 28.1 Å². The van der Waals surface area contributed by atoms with Crippen LogP contribution < -0.4 is 15.6 Å². The van der Waals surface area contributed by atoms with Crippen molar-refractivity contribution in [1.82, 2.24) is 14.9 Å². The topological polar surface area (TPSA) is 73.2 Å². The maximum absolute atomic E-state index is 12.2. The number of aromatic nitrogens is 2. The van der Waals surface area contributed by atoms with Crippen molar-refractivity contribution in [2.24, 2.45) is 0 Å². The average Bonchev–Trinajstić information content (AvgIpc) is 2.59. The number of aryl methyl sites for hydroxylation is 3. The lowest BCUT2D eigenvalue weighted by molar-refractivity contribution is -0.127. The van der Waals surface area contributed by atoms with Gasteiger partial charge in [0.15, 0.2) is 6.10 Å². The minimum atomic E-state index is -0.613. The first-order valence-electron chi connectivity index (χ1n) is 8.47. The van der Waals surface area contributed by atoms with Crippen LogP contribution in [0.5, 0.6) is 5.75 Å². The third-order valence-electron chi connectivity index (χ3n) is 3.97. The third kappa shape index (κ3) is 5.17. The Bertz CT molecular complexity index is 799. The van der Waals surface area contributed by atoms with Crippen molar-refractivity contribution in [3.8, 4) is 5.75 Å². The van der Waals surface area contributed by atoms with Gasteiger partial charge in [-0.2, -0.15) is 0 Å². The fraction of sp³-hybridized carbons (Fsp3) is 0.421. The molecule has 1 aromatic carbocycles. The highest BCUT2D eigenvalue weighted by atomic mass is 16.5. The Labute approximate surface area is 147 Å². The van der Waals surface area contributed by atoms with Gasteiger partial charge in [0.1, 0.15) is 5.75 Å². The summed E-state index contributed by atoms with van der Waals surface area (Å²) >= 11 is 0. The standard InChI is InChI=1S/C19H25N3O3/c1-5-16-11-18(23)22(12-21-16)9-8-20-19(24)15(4)25-17-10-13(2)6-7-14(17)3/h6-7,10-12,15H,5,8-9H2,1-4H3,(H,20,24). The highest BCUT2D eigenvalue weighted by Crippen LogP contribution is 2.20. The van der Waals surface area contributed by atoms with Gasteiger partial charge in [-0.1, -0.05) is 19.1 Å². The zero-order chi connectivity index (χ0) is 18.4. The molecule has 1 unspecified atom stereocenters. The molecule has 1 atom stereocenters. The number of ether oxygens (including phenoxy) is 1. The van der Waals surface area contributed by atoms with Crippen LogP contribution in [0.15, 0.2) is 35.4 Å². The number of benzene rings is 1. The van der Waals surface area contributed by atoms with Crippen molar-refractivity contribution in [3.05, 3.63) is 57.8 Å². The molecule has 0 spiro atoms. The van der Waals surface area contributed by atoms with E-state index in [2.05, 4.69) is 10.3 Å². The number of nitrogens with zero attached hydrogens (tertiary/aromatic N) is 2. The van der Waals surface area contributed by atoms with Crippen LogP contribution in [0.2, 0.25) is 0 Å². The summed E-state index contributed by atoms with van der Waals surface area (Å²) in [6, 6.07) is 7.41. The first-order chi connectivity index (χ1) is 11.9. The number of amides is 1. The van der Waals surface area contributed by atoms with Crippen molar-refractivity contribution >= 4 is 5.91 Å². The van der Waals surface area contributed by atoms with Crippen LogP contribution in [0.3, 0.4) is 0 Å². The first kappa shape index (κ1) is 18.7. The zero-order valence-corrected chi connectivity index (χ0v) is 15.2. The summed E-state index contributed by atoms with van der Waals surface area (Å²) in [7, 11) is 0. The van der Waals surface area contributed by atoms with Gasteiger partial charge < -0.3 is 10.1 Å². The fourth-order valence-electron chi connectivity index (χ4n) is 2.35. The molecule has 0 aliphatic rings. The molecule has 0 aliphatic carbocycles. The van der Waals surface area contributed by atoms with Crippen LogP contribution in [-0.2, 0) is 17.8 Å². The van der Waals surface area contributed by atoms with E-state index >= 15 is 0 Å². The average molecular weight is 343 g/mol. The Hall–Kier alpha value is -2.63.